The van der Waals surface area contributed by atoms with Crippen LogP contribution < -0.4 is 5.32 Å². The van der Waals surface area contributed by atoms with E-state index in [4.69, 9.17) is 4.42 Å². The van der Waals surface area contributed by atoms with Crippen molar-refractivity contribution in [3.63, 3.8) is 0 Å². The van der Waals surface area contributed by atoms with E-state index in [1.54, 1.807) is 44.4 Å². The molecule has 0 amide bonds. The minimum Gasteiger partial charge on any atom is -0.480 e. The van der Waals surface area contributed by atoms with Crippen LogP contribution in [-0.4, -0.2) is 46.9 Å². The first-order chi connectivity index (χ1) is 16.2. The largest absolute Gasteiger partial charge is 0.480 e. The van der Waals surface area contributed by atoms with Crippen molar-refractivity contribution in [2.75, 3.05) is 12.3 Å². The molecule has 2 aromatic carbocycles. The fourth-order valence-electron chi connectivity index (χ4n) is 4.15. The summed E-state index contributed by atoms with van der Waals surface area (Å²) in [5, 5.41) is 13.1. The third-order valence-electron chi connectivity index (χ3n) is 5.92. The van der Waals surface area contributed by atoms with Crippen LogP contribution in [0.25, 0.3) is 11.1 Å². The summed E-state index contributed by atoms with van der Waals surface area (Å²) in [7, 11) is -3.94. The number of rotatable bonds is 8. The van der Waals surface area contributed by atoms with Crippen LogP contribution in [0, 0.1) is 0 Å². The van der Waals surface area contributed by atoms with Crippen LogP contribution in [0.5, 0.6) is 0 Å². The normalized spacial score (nSPS) is 18.6. The van der Waals surface area contributed by atoms with E-state index in [1.165, 1.54) is 11.8 Å². The molecule has 0 spiro atoms. The zero-order valence-corrected chi connectivity index (χ0v) is 20.7. The lowest BCUT2D eigenvalue weighted by molar-refractivity contribution is -0.142. The number of thioether (sulfide) groups is 1. The number of carboxylic acids is 1. The van der Waals surface area contributed by atoms with E-state index in [-0.39, 0.29) is 11.4 Å². The Kier molecular flexibility index (Phi) is 7.18. The van der Waals surface area contributed by atoms with E-state index in [0.717, 1.165) is 26.8 Å². The average molecular weight is 501 g/mol. The molecular formula is C25H28N2O5S2. The van der Waals surface area contributed by atoms with E-state index < -0.39 is 26.8 Å². The number of carbonyl (C=O) groups is 1. The van der Waals surface area contributed by atoms with Crippen LogP contribution in [0.4, 0.5) is 0 Å². The highest BCUT2D eigenvalue weighted by atomic mass is 32.2. The molecule has 2 heterocycles. The lowest BCUT2D eigenvalue weighted by Gasteiger charge is -2.42. The van der Waals surface area contributed by atoms with Gasteiger partial charge >= 0.3 is 5.97 Å². The minimum atomic E-state index is -3.94. The number of carboxylic acid groups (broad SMARTS) is 1. The van der Waals surface area contributed by atoms with Gasteiger partial charge < -0.3 is 14.8 Å². The van der Waals surface area contributed by atoms with Gasteiger partial charge in [0.2, 0.25) is 10.0 Å². The second kappa shape index (κ2) is 9.95. The van der Waals surface area contributed by atoms with Gasteiger partial charge in [0, 0.05) is 23.6 Å². The standard InChI is InChI=1S/C25H28N2O5S2/c1-25(2)23(24(28)29)27(13-15-33-25)34(30,31)22-11-9-20(10-12-22)19-7-5-18(6-8-19)16-26-17-21-4-3-14-32-21/h3-12,14,23,26H,13,15-17H2,1-2H3,(H,28,29). The summed E-state index contributed by atoms with van der Waals surface area (Å²) in [5.41, 5.74) is 2.98. The van der Waals surface area contributed by atoms with Crippen molar-refractivity contribution in [2.24, 2.45) is 0 Å². The Bertz CT molecular complexity index is 1220. The van der Waals surface area contributed by atoms with Crippen LogP contribution in [0.3, 0.4) is 0 Å². The minimum absolute atomic E-state index is 0.101. The van der Waals surface area contributed by atoms with E-state index in [0.29, 0.717) is 18.8 Å². The maximum atomic E-state index is 13.3. The molecule has 0 radical (unpaired) electrons. The number of furan rings is 1. The molecule has 3 aromatic rings. The Morgan fingerprint density at radius 3 is 2.32 bits per heavy atom. The molecular weight excluding hydrogens is 472 g/mol. The van der Waals surface area contributed by atoms with Gasteiger partial charge in [0.05, 0.1) is 17.7 Å². The molecule has 4 rings (SSSR count). The number of nitrogens with one attached hydrogen (secondary N) is 1. The van der Waals surface area contributed by atoms with Crippen molar-refractivity contribution in [1.82, 2.24) is 9.62 Å². The summed E-state index contributed by atoms with van der Waals surface area (Å²) >= 11 is 1.48. The Balaban J connectivity index is 1.46. The van der Waals surface area contributed by atoms with Gasteiger partial charge in [-0.05, 0) is 54.8 Å². The van der Waals surface area contributed by atoms with Gasteiger partial charge in [0.1, 0.15) is 11.8 Å². The Labute approximate surface area is 204 Å². The van der Waals surface area contributed by atoms with Crippen molar-refractivity contribution < 1.29 is 22.7 Å². The highest BCUT2D eigenvalue weighted by Gasteiger charge is 2.48. The molecule has 1 unspecified atom stereocenters. The fourth-order valence-corrected chi connectivity index (χ4v) is 7.24. The fraction of sp³-hybridized carbons (Fsp3) is 0.320. The van der Waals surface area contributed by atoms with Gasteiger partial charge in [-0.1, -0.05) is 36.4 Å². The van der Waals surface area contributed by atoms with Crippen molar-refractivity contribution in [3.05, 3.63) is 78.3 Å². The maximum Gasteiger partial charge on any atom is 0.323 e. The van der Waals surface area contributed by atoms with E-state index in [1.807, 2.05) is 36.4 Å². The number of hydrogen-bond acceptors (Lipinski definition) is 6. The molecule has 0 bridgehead atoms. The molecule has 1 saturated heterocycles. The molecule has 1 aromatic heterocycles. The predicted octanol–water partition coefficient (Wildman–Crippen LogP) is 4.21. The van der Waals surface area contributed by atoms with Crippen LogP contribution in [-0.2, 0) is 27.9 Å². The van der Waals surface area contributed by atoms with Crippen molar-refractivity contribution >= 4 is 27.8 Å². The molecule has 1 aliphatic heterocycles. The second-order valence-electron chi connectivity index (χ2n) is 8.71. The van der Waals surface area contributed by atoms with Crippen molar-refractivity contribution in [2.45, 2.75) is 42.6 Å². The summed E-state index contributed by atoms with van der Waals surface area (Å²) < 4.78 is 32.3. The first-order valence-corrected chi connectivity index (χ1v) is 13.4. The van der Waals surface area contributed by atoms with Crippen LogP contribution in [0.1, 0.15) is 25.2 Å². The Morgan fingerprint density at radius 1 is 1.09 bits per heavy atom. The molecule has 1 fully saturated rings. The first-order valence-electron chi connectivity index (χ1n) is 11.0. The monoisotopic (exact) mass is 500 g/mol. The molecule has 1 atom stereocenters. The number of sulfonamides is 1. The van der Waals surface area contributed by atoms with Crippen molar-refractivity contribution in [1.29, 1.82) is 0 Å². The molecule has 34 heavy (non-hydrogen) atoms. The van der Waals surface area contributed by atoms with Gasteiger partial charge in [-0.2, -0.15) is 16.1 Å². The third-order valence-corrected chi connectivity index (χ3v) is 9.16. The third kappa shape index (κ3) is 5.22. The summed E-state index contributed by atoms with van der Waals surface area (Å²) in [6, 6.07) is 17.3. The number of benzene rings is 2. The average Bonchev–Trinajstić information content (AvgIpc) is 3.32. The Morgan fingerprint density at radius 2 is 1.74 bits per heavy atom. The van der Waals surface area contributed by atoms with E-state index >= 15 is 0 Å². The molecule has 0 aliphatic carbocycles. The molecule has 9 heteroatoms. The molecule has 0 saturated carbocycles. The quantitative estimate of drug-likeness (QED) is 0.478. The van der Waals surface area contributed by atoms with Gasteiger partial charge in [-0.25, -0.2) is 8.42 Å². The lowest BCUT2D eigenvalue weighted by atomic mass is 10.0. The van der Waals surface area contributed by atoms with Gasteiger partial charge in [0.15, 0.2) is 0 Å². The van der Waals surface area contributed by atoms with Gasteiger partial charge in [-0.15, -0.1) is 0 Å². The Hall–Kier alpha value is -2.59. The molecule has 2 N–H and O–H groups in total. The number of nitrogens with zero attached hydrogens (tertiary/aromatic N) is 1. The number of hydrogen-bond donors (Lipinski definition) is 2. The van der Waals surface area contributed by atoms with Crippen LogP contribution in [0.15, 0.2) is 76.2 Å². The second-order valence-corrected chi connectivity index (χ2v) is 12.4. The summed E-state index contributed by atoms with van der Waals surface area (Å²) in [4.78, 5) is 12.0. The molecule has 7 nitrogen and oxygen atoms in total. The van der Waals surface area contributed by atoms with Gasteiger partial charge in [0.25, 0.3) is 0 Å². The lowest BCUT2D eigenvalue weighted by Crippen LogP contribution is -2.58. The highest BCUT2D eigenvalue weighted by molar-refractivity contribution is 8.00. The number of aliphatic carboxylic acids is 1. The summed E-state index contributed by atoms with van der Waals surface area (Å²) in [5.74, 6) is 0.306. The predicted molar refractivity (Wildman–Crippen MR) is 133 cm³/mol. The highest BCUT2D eigenvalue weighted by Crippen LogP contribution is 2.38. The van der Waals surface area contributed by atoms with Crippen LogP contribution >= 0.6 is 11.8 Å². The zero-order valence-electron chi connectivity index (χ0n) is 19.1. The van der Waals surface area contributed by atoms with Crippen LogP contribution in [0.2, 0.25) is 0 Å². The molecule has 180 valence electrons. The summed E-state index contributed by atoms with van der Waals surface area (Å²) in [6.07, 6.45) is 1.65. The van der Waals surface area contributed by atoms with E-state index in [9.17, 15) is 18.3 Å². The maximum absolute atomic E-state index is 13.3. The topological polar surface area (TPSA) is 99.9 Å². The van der Waals surface area contributed by atoms with Crippen molar-refractivity contribution in [3.8, 4) is 11.1 Å². The van der Waals surface area contributed by atoms with Gasteiger partial charge in [-0.3, -0.25) is 4.79 Å². The first kappa shape index (κ1) is 24.5. The zero-order chi connectivity index (χ0) is 24.3. The SMILES string of the molecule is CC1(C)SCCN(S(=O)(=O)c2ccc(-c3ccc(CNCc4ccco4)cc3)cc2)C1C(=O)O. The molecule has 1 aliphatic rings. The summed E-state index contributed by atoms with van der Waals surface area (Å²) in [6.45, 7) is 5.08. The smallest absolute Gasteiger partial charge is 0.323 e. The van der Waals surface area contributed by atoms with E-state index in [2.05, 4.69) is 5.32 Å².